The summed E-state index contributed by atoms with van der Waals surface area (Å²) >= 11 is 0. The molecule has 1 atom stereocenters. The Morgan fingerprint density at radius 3 is 2.52 bits per heavy atom. The standard InChI is InChI=1S/C22H21F3N2O2/c1-11(28)10-26-22(29)14-6-13(7-14)19-17-8-16(24)9-18(25)21(17)27-20(19)12-2-4-15(23)5-3-12/h2-5,8-9,11,13-14,27-28H,6-7,10H2,1H3,(H,26,29). The fourth-order valence-electron chi connectivity index (χ4n) is 3.97. The fraction of sp³-hybridized carbons (Fsp3) is 0.318. The van der Waals surface area contributed by atoms with E-state index in [0.29, 0.717) is 29.5 Å². The second-order valence-electron chi connectivity index (χ2n) is 7.69. The Morgan fingerprint density at radius 2 is 1.86 bits per heavy atom. The highest BCUT2D eigenvalue weighted by Crippen LogP contribution is 2.48. The maximum Gasteiger partial charge on any atom is 0.223 e. The van der Waals surface area contributed by atoms with Crippen LogP contribution in [0, 0.1) is 23.4 Å². The summed E-state index contributed by atoms with van der Waals surface area (Å²) in [6.45, 7) is 1.78. The minimum Gasteiger partial charge on any atom is -0.392 e. The van der Waals surface area contributed by atoms with Crippen LogP contribution in [-0.2, 0) is 4.79 Å². The first-order valence-electron chi connectivity index (χ1n) is 9.55. The lowest BCUT2D eigenvalue weighted by atomic mass is 9.70. The molecule has 0 bridgehead atoms. The second-order valence-corrected chi connectivity index (χ2v) is 7.69. The van der Waals surface area contributed by atoms with Crippen LogP contribution in [0.3, 0.4) is 0 Å². The van der Waals surface area contributed by atoms with Crippen LogP contribution < -0.4 is 5.32 Å². The number of aliphatic hydroxyl groups is 1. The van der Waals surface area contributed by atoms with Gasteiger partial charge in [0.2, 0.25) is 5.91 Å². The molecule has 152 valence electrons. The van der Waals surface area contributed by atoms with E-state index in [4.69, 9.17) is 0 Å². The number of nitrogens with one attached hydrogen (secondary N) is 2. The van der Waals surface area contributed by atoms with Crippen LogP contribution in [0.4, 0.5) is 13.2 Å². The number of benzene rings is 2. The van der Waals surface area contributed by atoms with Crippen LogP contribution in [0.25, 0.3) is 22.2 Å². The number of aromatic nitrogens is 1. The molecule has 2 aromatic carbocycles. The highest BCUT2D eigenvalue weighted by Gasteiger charge is 2.38. The predicted molar refractivity (Wildman–Crippen MR) is 104 cm³/mol. The number of fused-ring (bicyclic) bond motifs is 1. The molecule has 1 aliphatic carbocycles. The summed E-state index contributed by atoms with van der Waals surface area (Å²) in [7, 11) is 0. The van der Waals surface area contributed by atoms with E-state index in [2.05, 4.69) is 10.3 Å². The van der Waals surface area contributed by atoms with Crippen LogP contribution in [0.15, 0.2) is 36.4 Å². The summed E-state index contributed by atoms with van der Waals surface area (Å²) in [6.07, 6.45) is 0.440. The Hall–Kier alpha value is -2.80. The van der Waals surface area contributed by atoms with Crippen LogP contribution in [0.1, 0.15) is 31.2 Å². The molecule has 1 saturated carbocycles. The highest BCUT2D eigenvalue weighted by atomic mass is 19.1. The minimum atomic E-state index is -0.694. The van der Waals surface area contributed by atoms with Gasteiger partial charge in [0.25, 0.3) is 0 Å². The van der Waals surface area contributed by atoms with Gasteiger partial charge in [-0.15, -0.1) is 0 Å². The molecule has 0 radical (unpaired) electrons. The van der Waals surface area contributed by atoms with Crippen molar-refractivity contribution < 1.29 is 23.1 Å². The smallest absolute Gasteiger partial charge is 0.223 e. The van der Waals surface area contributed by atoms with Gasteiger partial charge in [-0.05, 0) is 67.1 Å². The molecule has 1 heterocycles. The molecule has 0 aliphatic heterocycles. The molecule has 29 heavy (non-hydrogen) atoms. The molecule has 3 N–H and O–H groups in total. The summed E-state index contributed by atoms with van der Waals surface area (Å²) in [6, 6.07) is 7.91. The lowest BCUT2D eigenvalue weighted by Gasteiger charge is -2.35. The molecule has 4 nitrogen and oxygen atoms in total. The van der Waals surface area contributed by atoms with Gasteiger partial charge in [-0.1, -0.05) is 0 Å². The van der Waals surface area contributed by atoms with Crippen molar-refractivity contribution in [2.24, 2.45) is 5.92 Å². The number of amides is 1. The van der Waals surface area contributed by atoms with Crippen LogP contribution in [-0.4, -0.2) is 28.6 Å². The van der Waals surface area contributed by atoms with Gasteiger partial charge in [-0.3, -0.25) is 4.79 Å². The molecule has 1 aliphatic rings. The molecule has 1 amide bonds. The summed E-state index contributed by atoms with van der Waals surface area (Å²) in [5.74, 6) is -2.17. The van der Waals surface area contributed by atoms with Crippen molar-refractivity contribution >= 4 is 16.8 Å². The molecule has 7 heteroatoms. The first-order valence-corrected chi connectivity index (χ1v) is 9.55. The number of halogens is 3. The van der Waals surface area contributed by atoms with E-state index >= 15 is 0 Å². The first kappa shape index (κ1) is 19.5. The third-order valence-electron chi connectivity index (χ3n) is 5.49. The second kappa shape index (κ2) is 7.55. The largest absolute Gasteiger partial charge is 0.392 e. The molecule has 1 aromatic heterocycles. The van der Waals surface area contributed by atoms with Crippen molar-refractivity contribution in [2.75, 3.05) is 6.54 Å². The number of hydrogen-bond donors (Lipinski definition) is 3. The molecule has 3 aromatic rings. The first-order chi connectivity index (χ1) is 13.8. The van der Waals surface area contributed by atoms with Gasteiger partial charge in [0.05, 0.1) is 17.3 Å². The van der Waals surface area contributed by atoms with Crippen LogP contribution >= 0.6 is 0 Å². The average molecular weight is 402 g/mol. The van der Waals surface area contributed by atoms with Gasteiger partial charge in [0.1, 0.15) is 17.5 Å². The number of H-pyrrole nitrogens is 1. The van der Waals surface area contributed by atoms with E-state index < -0.39 is 17.7 Å². The molecule has 1 unspecified atom stereocenters. The number of carbonyl (C=O) groups excluding carboxylic acids is 1. The lowest BCUT2D eigenvalue weighted by molar-refractivity contribution is -0.128. The number of aliphatic hydroxyl groups excluding tert-OH is 1. The Bertz CT molecular complexity index is 1050. The third-order valence-corrected chi connectivity index (χ3v) is 5.49. The van der Waals surface area contributed by atoms with Crippen molar-refractivity contribution in [3.05, 3.63) is 59.4 Å². The van der Waals surface area contributed by atoms with Gasteiger partial charge in [-0.2, -0.15) is 0 Å². The predicted octanol–water partition coefficient (Wildman–Crippen LogP) is 4.24. The fourth-order valence-corrected chi connectivity index (χ4v) is 3.97. The lowest BCUT2D eigenvalue weighted by Crippen LogP contribution is -2.40. The van der Waals surface area contributed by atoms with Gasteiger partial charge in [0, 0.05) is 23.9 Å². The molecular formula is C22H21F3N2O2. The van der Waals surface area contributed by atoms with E-state index in [1.54, 1.807) is 19.1 Å². The van der Waals surface area contributed by atoms with E-state index in [1.807, 2.05) is 0 Å². The van der Waals surface area contributed by atoms with E-state index in [-0.39, 0.29) is 35.6 Å². The zero-order valence-electron chi connectivity index (χ0n) is 15.8. The van der Waals surface area contributed by atoms with Crippen molar-refractivity contribution in [1.82, 2.24) is 10.3 Å². The van der Waals surface area contributed by atoms with E-state index in [9.17, 15) is 23.1 Å². The zero-order chi connectivity index (χ0) is 20.7. The summed E-state index contributed by atoms with van der Waals surface area (Å²) < 4.78 is 41.6. The highest BCUT2D eigenvalue weighted by molar-refractivity contribution is 5.92. The molecular weight excluding hydrogens is 381 g/mol. The summed E-state index contributed by atoms with van der Waals surface area (Å²) in [4.78, 5) is 15.2. The maximum absolute atomic E-state index is 14.4. The van der Waals surface area contributed by atoms with Gasteiger partial charge < -0.3 is 15.4 Å². The van der Waals surface area contributed by atoms with Crippen molar-refractivity contribution in [3.8, 4) is 11.3 Å². The molecule has 0 saturated heterocycles. The Kier molecular flexibility index (Phi) is 5.08. The third kappa shape index (κ3) is 3.74. The van der Waals surface area contributed by atoms with Crippen molar-refractivity contribution in [2.45, 2.75) is 31.8 Å². The summed E-state index contributed by atoms with van der Waals surface area (Å²) in [5, 5.41) is 12.5. The average Bonchev–Trinajstić information content (AvgIpc) is 2.99. The number of rotatable bonds is 5. The summed E-state index contributed by atoms with van der Waals surface area (Å²) in [5.41, 5.74) is 2.21. The molecule has 0 spiro atoms. The maximum atomic E-state index is 14.4. The monoisotopic (exact) mass is 402 g/mol. The van der Waals surface area contributed by atoms with Crippen molar-refractivity contribution in [3.63, 3.8) is 0 Å². The van der Waals surface area contributed by atoms with Gasteiger partial charge in [0.15, 0.2) is 0 Å². The van der Waals surface area contributed by atoms with Crippen LogP contribution in [0.5, 0.6) is 0 Å². The topological polar surface area (TPSA) is 65.1 Å². The Morgan fingerprint density at radius 1 is 1.17 bits per heavy atom. The Balaban J connectivity index is 1.69. The number of aromatic amines is 1. The van der Waals surface area contributed by atoms with E-state index in [0.717, 1.165) is 11.6 Å². The zero-order valence-corrected chi connectivity index (χ0v) is 15.8. The Labute approximate surface area is 165 Å². The van der Waals surface area contributed by atoms with Crippen LogP contribution in [0.2, 0.25) is 0 Å². The quantitative estimate of drug-likeness (QED) is 0.598. The molecule has 4 rings (SSSR count). The van der Waals surface area contributed by atoms with Gasteiger partial charge in [-0.25, -0.2) is 13.2 Å². The number of hydrogen-bond acceptors (Lipinski definition) is 2. The SMILES string of the molecule is CC(O)CNC(=O)C1CC(c2c(-c3ccc(F)cc3)[nH]c3c(F)cc(F)cc23)C1. The van der Waals surface area contributed by atoms with Crippen molar-refractivity contribution in [1.29, 1.82) is 0 Å². The minimum absolute atomic E-state index is 0.0627. The number of carbonyl (C=O) groups is 1. The van der Waals surface area contributed by atoms with Gasteiger partial charge >= 0.3 is 0 Å². The van der Waals surface area contributed by atoms with E-state index in [1.165, 1.54) is 18.2 Å². The molecule has 1 fully saturated rings. The normalized spacial score (nSPS) is 19.8.